The first-order valence-electron chi connectivity index (χ1n) is 9.72. The van der Waals surface area contributed by atoms with Crippen molar-refractivity contribution in [3.63, 3.8) is 0 Å². The zero-order valence-electron chi connectivity index (χ0n) is 16.6. The predicted octanol–water partition coefficient (Wildman–Crippen LogP) is 4.80. The highest BCUT2D eigenvalue weighted by molar-refractivity contribution is 5.87. The first kappa shape index (κ1) is 19.5. The van der Waals surface area contributed by atoms with Crippen molar-refractivity contribution in [3.8, 4) is 17.1 Å². The summed E-state index contributed by atoms with van der Waals surface area (Å²) in [6.45, 7) is 0.286. The van der Waals surface area contributed by atoms with Crippen molar-refractivity contribution >= 4 is 5.91 Å². The van der Waals surface area contributed by atoms with E-state index >= 15 is 0 Å². The van der Waals surface area contributed by atoms with E-state index in [0.29, 0.717) is 11.5 Å². The second kappa shape index (κ2) is 9.09. The molecule has 0 atom stereocenters. The molecule has 0 fully saturated rings. The van der Waals surface area contributed by atoms with Gasteiger partial charge in [0.2, 0.25) is 5.91 Å². The van der Waals surface area contributed by atoms with Gasteiger partial charge in [0.25, 0.3) is 0 Å². The Hall–Kier alpha value is -3.86. The molecule has 3 aromatic carbocycles. The fourth-order valence-corrected chi connectivity index (χ4v) is 3.35. The summed E-state index contributed by atoms with van der Waals surface area (Å²) in [6.07, 6.45) is 0. The van der Waals surface area contributed by atoms with Crippen LogP contribution in [-0.2, 0) is 11.3 Å². The molecular formula is C25H22N2O3. The molecule has 1 amide bonds. The Morgan fingerprint density at radius 2 is 1.53 bits per heavy atom. The smallest absolute Gasteiger partial charge is 0.232 e. The summed E-state index contributed by atoms with van der Waals surface area (Å²) >= 11 is 0. The summed E-state index contributed by atoms with van der Waals surface area (Å²) < 4.78 is 10.6. The SMILES string of the molecule is COc1ccc(-c2cc(CNC(=O)C(c3ccccc3)c3ccccc3)no2)cc1. The lowest BCUT2D eigenvalue weighted by Crippen LogP contribution is -2.29. The lowest BCUT2D eigenvalue weighted by atomic mass is 9.90. The highest BCUT2D eigenvalue weighted by atomic mass is 16.5. The Bertz CT molecular complexity index is 1050. The van der Waals surface area contributed by atoms with Gasteiger partial charge in [-0.3, -0.25) is 4.79 Å². The maximum Gasteiger partial charge on any atom is 0.232 e. The molecule has 0 aliphatic carbocycles. The molecule has 5 heteroatoms. The van der Waals surface area contributed by atoms with Gasteiger partial charge in [-0.25, -0.2) is 0 Å². The van der Waals surface area contributed by atoms with E-state index < -0.39 is 0 Å². The third-order valence-electron chi connectivity index (χ3n) is 4.91. The highest BCUT2D eigenvalue weighted by Crippen LogP contribution is 2.26. The van der Waals surface area contributed by atoms with Gasteiger partial charge in [0, 0.05) is 11.6 Å². The van der Waals surface area contributed by atoms with E-state index in [1.165, 1.54) is 0 Å². The van der Waals surface area contributed by atoms with Gasteiger partial charge in [-0.15, -0.1) is 0 Å². The van der Waals surface area contributed by atoms with Gasteiger partial charge in [0.05, 0.1) is 19.6 Å². The first-order chi connectivity index (χ1) is 14.7. The van der Waals surface area contributed by atoms with Crippen LogP contribution in [0.2, 0.25) is 0 Å². The Balaban J connectivity index is 1.48. The number of aromatic nitrogens is 1. The van der Waals surface area contributed by atoms with E-state index in [0.717, 1.165) is 22.4 Å². The number of nitrogens with zero attached hydrogens (tertiary/aromatic N) is 1. The molecule has 5 nitrogen and oxygen atoms in total. The summed E-state index contributed by atoms with van der Waals surface area (Å²) in [6, 6.07) is 28.9. The summed E-state index contributed by atoms with van der Waals surface area (Å²) in [5.74, 6) is 0.949. The molecule has 0 aliphatic rings. The van der Waals surface area contributed by atoms with Crippen molar-refractivity contribution < 1.29 is 14.1 Å². The van der Waals surface area contributed by atoms with Crippen molar-refractivity contribution in [1.82, 2.24) is 10.5 Å². The molecule has 0 saturated heterocycles. The summed E-state index contributed by atoms with van der Waals surface area (Å²) in [4.78, 5) is 13.1. The maximum absolute atomic E-state index is 13.1. The van der Waals surface area contributed by atoms with Crippen LogP contribution in [0.4, 0.5) is 0 Å². The number of carbonyl (C=O) groups excluding carboxylic acids is 1. The van der Waals surface area contributed by atoms with Crippen LogP contribution in [0.25, 0.3) is 11.3 Å². The van der Waals surface area contributed by atoms with Crippen LogP contribution in [0.3, 0.4) is 0 Å². The van der Waals surface area contributed by atoms with Crippen LogP contribution >= 0.6 is 0 Å². The van der Waals surface area contributed by atoms with Crippen LogP contribution in [0.15, 0.2) is 95.5 Å². The van der Waals surface area contributed by atoms with E-state index in [-0.39, 0.29) is 18.4 Å². The van der Waals surface area contributed by atoms with Crippen LogP contribution in [0, 0.1) is 0 Å². The average Bonchev–Trinajstić information content (AvgIpc) is 3.28. The number of ether oxygens (including phenoxy) is 1. The number of benzene rings is 3. The van der Waals surface area contributed by atoms with Crippen molar-refractivity contribution in [1.29, 1.82) is 0 Å². The topological polar surface area (TPSA) is 64.4 Å². The lowest BCUT2D eigenvalue weighted by molar-refractivity contribution is -0.121. The van der Waals surface area contributed by atoms with E-state index in [9.17, 15) is 4.79 Å². The third-order valence-corrected chi connectivity index (χ3v) is 4.91. The molecule has 30 heavy (non-hydrogen) atoms. The Morgan fingerprint density at radius 3 is 2.10 bits per heavy atom. The Labute approximate surface area is 175 Å². The van der Waals surface area contributed by atoms with E-state index in [2.05, 4.69) is 10.5 Å². The predicted molar refractivity (Wildman–Crippen MR) is 115 cm³/mol. The van der Waals surface area contributed by atoms with Gasteiger partial charge < -0.3 is 14.6 Å². The molecule has 0 saturated carbocycles. The molecule has 4 rings (SSSR count). The zero-order valence-corrected chi connectivity index (χ0v) is 16.6. The van der Waals surface area contributed by atoms with Crippen molar-refractivity contribution in [2.75, 3.05) is 7.11 Å². The molecule has 0 bridgehead atoms. The Kier molecular flexibility index (Phi) is 5.90. The van der Waals surface area contributed by atoms with E-state index in [1.807, 2.05) is 91.0 Å². The summed E-state index contributed by atoms with van der Waals surface area (Å²) in [5, 5.41) is 7.09. The van der Waals surface area contributed by atoms with Gasteiger partial charge in [0.15, 0.2) is 5.76 Å². The summed E-state index contributed by atoms with van der Waals surface area (Å²) in [5.41, 5.74) is 3.45. The fourth-order valence-electron chi connectivity index (χ4n) is 3.35. The number of rotatable bonds is 7. The standard InChI is InChI=1S/C25H22N2O3/c1-29-22-14-12-18(13-15-22)23-16-21(27-30-23)17-26-25(28)24(19-8-4-2-5-9-19)20-10-6-3-7-11-20/h2-16,24H,17H2,1H3,(H,26,28). The van der Waals surface area contributed by atoms with Crippen LogP contribution < -0.4 is 10.1 Å². The molecule has 0 radical (unpaired) electrons. The third kappa shape index (κ3) is 4.41. The highest BCUT2D eigenvalue weighted by Gasteiger charge is 2.22. The lowest BCUT2D eigenvalue weighted by Gasteiger charge is -2.17. The second-order valence-electron chi connectivity index (χ2n) is 6.88. The normalized spacial score (nSPS) is 10.7. The molecule has 4 aromatic rings. The van der Waals surface area contributed by atoms with Gasteiger partial charge in [-0.05, 0) is 35.4 Å². The molecule has 0 unspecified atom stereocenters. The Morgan fingerprint density at radius 1 is 0.933 bits per heavy atom. The minimum absolute atomic E-state index is 0.0820. The number of hydrogen-bond acceptors (Lipinski definition) is 4. The monoisotopic (exact) mass is 398 g/mol. The van der Waals surface area contributed by atoms with Crippen molar-refractivity contribution in [2.45, 2.75) is 12.5 Å². The van der Waals surface area contributed by atoms with Gasteiger partial charge in [-0.1, -0.05) is 65.8 Å². The van der Waals surface area contributed by atoms with Crippen molar-refractivity contribution in [3.05, 3.63) is 108 Å². The minimum Gasteiger partial charge on any atom is -0.497 e. The van der Waals surface area contributed by atoms with Crippen molar-refractivity contribution in [2.24, 2.45) is 0 Å². The zero-order chi connectivity index (χ0) is 20.8. The molecular weight excluding hydrogens is 376 g/mol. The number of amides is 1. The minimum atomic E-state index is -0.389. The molecule has 0 spiro atoms. The average molecular weight is 398 g/mol. The van der Waals surface area contributed by atoms with E-state index in [4.69, 9.17) is 9.26 Å². The van der Waals surface area contributed by atoms with Crippen LogP contribution in [0.5, 0.6) is 5.75 Å². The summed E-state index contributed by atoms with van der Waals surface area (Å²) in [7, 11) is 1.63. The van der Waals surface area contributed by atoms with Gasteiger partial charge in [-0.2, -0.15) is 0 Å². The number of nitrogens with one attached hydrogen (secondary N) is 1. The number of methoxy groups -OCH3 is 1. The largest absolute Gasteiger partial charge is 0.497 e. The van der Waals surface area contributed by atoms with Crippen LogP contribution in [-0.4, -0.2) is 18.2 Å². The molecule has 0 aliphatic heterocycles. The van der Waals surface area contributed by atoms with Gasteiger partial charge in [0.1, 0.15) is 11.4 Å². The quantitative estimate of drug-likeness (QED) is 0.486. The molecule has 150 valence electrons. The number of hydrogen-bond donors (Lipinski definition) is 1. The second-order valence-corrected chi connectivity index (χ2v) is 6.88. The fraction of sp³-hybridized carbons (Fsp3) is 0.120. The molecule has 1 N–H and O–H groups in total. The van der Waals surface area contributed by atoms with E-state index in [1.54, 1.807) is 7.11 Å². The first-order valence-corrected chi connectivity index (χ1v) is 9.72. The van der Waals surface area contributed by atoms with Crippen LogP contribution in [0.1, 0.15) is 22.7 Å². The molecule has 1 aromatic heterocycles. The maximum atomic E-state index is 13.1. The van der Waals surface area contributed by atoms with Gasteiger partial charge >= 0.3 is 0 Å². The number of carbonyl (C=O) groups is 1. The molecule has 1 heterocycles.